The summed E-state index contributed by atoms with van der Waals surface area (Å²) in [4.78, 5) is 0. The molecule has 56 valence electrons. The monoisotopic (exact) mass is 136 g/mol. The highest BCUT2D eigenvalue weighted by Crippen LogP contribution is 2.57. The SMILES string of the molecule is C=CC1CC2CCC1(C)C2. The van der Waals surface area contributed by atoms with Gasteiger partial charge in [0.2, 0.25) is 0 Å². The predicted molar refractivity (Wildman–Crippen MR) is 43.8 cm³/mol. The first kappa shape index (κ1) is 6.45. The van der Waals surface area contributed by atoms with E-state index in [4.69, 9.17) is 0 Å². The molecule has 0 nitrogen and oxygen atoms in total. The van der Waals surface area contributed by atoms with Crippen molar-refractivity contribution in [2.45, 2.75) is 32.6 Å². The van der Waals surface area contributed by atoms with Gasteiger partial charge in [-0.05, 0) is 42.9 Å². The summed E-state index contributed by atoms with van der Waals surface area (Å²) in [5, 5.41) is 0. The van der Waals surface area contributed by atoms with Gasteiger partial charge in [-0.25, -0.2) is 0 Å². The van der Waals surface area contributed by atoms with E-state index in [0.29, 0.717) is 5.41 Å². The maximum atomic E-state index is 3.91. The van der Waals surface area contributed by atoms with Crippen LogP contribution < -0.4 is 0 Å². The third-order valence-electron chi connectivity index (χ3n) is 3.65. The molecule has 0 aromatic carbocycles. The molecule has 0 heteroatoms. The summed E-state index contributed by atoms with van der Waals surface area (Å²) >= 11 is 0. The van der Waals surface area contributed by atoms with Crippen LogP contribution in [0.2, 0.25) is 0 Å². The van der Waals surface area contributed by atoms with Gasteiger partial charge in [0, 0.05) is 0 Å². The highest BCUT2D eigenvalue weighted by molar-refractivity contribution is 5.04. The molecule has 0 saturated heterocycles. The van der Waals surface area contributed by atoms with Crippen molar-refractivity contribution in [3.63, 3.8) is 0 Å². The van der Waals surface area contributed by atoms with Crippen LogP contribution in [-0.4, -0.2) is 0 Å². The second kappa shape index (κ2) is 1.87. The van der Waals surface area contributed by atoms with Crippen molar-refractivity contribution in [1.82, 2.24) is 0 Å². The van der Waals surface area contributed by atoms with Crippen LogP contribution in [-0.2, 0) is 0 Å². The third-order valence-corrected chi connectivity index (χ3v) is 3.65. The summed E-state index contributed by atoms with van der Waals surface area (Å²) in [6.45, 7) is 6.34. The van der Waals surface area contributed by atoms with Gasteiger partial charge in [0.25, 0.3) is 0 Å². The van der Waals surface area contributed by atoms with Crippen LogP contribution >= 0.6 is 0 Å². The molecule has 0 aromatic heterocycles. The first-order valence-corrected chi connectivity index (χ1v) is 4.37. The molecule has 0 amide bonds. The van der Waals surface area contributed by atoms with Gasteiger partial charge >= 0.3 is 0 Å². The minimum atomic E-state index is 0.659. The predicted octanol–water partition coefficient (Wildman–Crippen LogP) is 3.00. The van der Waals surface area contributed by atoms with Crippen LogP contribution in [0.1, 0.15) is 32.6 Å². The van der Waals surface area contributed by atoms with Crippen LogP contribution in [0.15, 0.2) is 12.7 Å². The maximum absolute atomic E-state index is 3.91. The second-order valence-corrected chi connectivity index (χ2v) is 4.34. The minimum Gasteiger partial charge on any atom is -0.103 e. The van der Waals surface area contributed by atoms with Gasteiger partial charge in [-0.15, -0.1) is 6.58 Å². The molecule has 3 atom stereocenters. The van der Waals surface area contributed by atoms with E-state index in [9.17, 15) is 0 Å². The summed E-state index contributed by atoms with van der Waals surface area (Å²) in [7, 11) is 0. The Morgan fingerprint density at radius 3 is 2.70 bits per heavy atom. The summed E-state index contributed by atoms with van der Waals surface area (Å²) in [5.74, 6) is 1.89. The van der Waals surface area contributed by atoms with Gasteiger partial charge in [0.1, 0.15) is 0 Å². The van der Waals surface area contributed by atoms with Crippen LogP contribution in [0, 0.1) is 17.3 Å². The number of hydrogen-bond donors (Lipinski definition) is 0. The zero-order chi connectivity index (χ0) is 7.19. The van der Waals surface area contributed by atoms with Crippen molar-refractivity contribution in [1.29, 1.82) is 0 Å². The van der Waals surface area contributed by atoms with Crippen LogP contribution in [0.5, 0.6) is 0 Å². The molecule has 2 rings (SSSR count). The van der Waals surface area contributed by atoms with Crippen molar-refractivity contribution >= 4 is 0 Å². The number of rotatable bonds is 1. The van der Waals surface area contributed by atoms with E-state index < -0.39 is 0 Å². The third kappa shape index (κ3) is 0.680. The standard InChI is InChI=1S/C10H16/c1-3-9-6-8-4-5-10(9,2)7-8/h3,8-9H,1,4-7H2,2H3. The fraction of sp³-hybridized carbons (Fsp3) is 0.800. The largest absolute Gasteiger partial charge is 0.103 e. The van der Waals surface area contributed by atoms with E-state index in [1.165, 1.54) is 25.7 Å². The molecule has 2 aliphatic rings. The Hall–Kier alpha value is -0.260. The fourth-order valence-electron chi connectivity index (χ4n) is 2.96. The van der Waals surface area contributed by atoms with E-state index in [-0.39, 0.29) is 0 Å². The van der Waals surface area contributed by atoms with Gasteiger partial charge in [0.15, 0.2) is 0 Å². The molecule has 2 fully saturated rings. The lowest BCUT2D eigenvalue weighted by molar-refractivity contribution is 0.257. The summed E-state index contributed by atoms with van der Waals surface area (Å²) in [6, 6.07) is 0. The van der Waals surface area contributed by atoms with Crippen molar-refractivity contribution in [3.8, 4) is 0 Å². The van der Waals surface area contributed by atoms with Crippen molar-refractivity contribution in [2.24, 2.45) is 17.3 Å². The molecule has 0 aliphatic heterocycles. The number of allylic oxidation sites excluding steroid dienone is 1. The quantitative estimate of drug-likeness (QED) is 0.486. The average molecular weight is 136 g/mol. The zero-order valence-electron chi connectivity index (χ0n) is 6.77. The number of hydrogen-bond acceptors (Lipinski definition) is 0. The molecule has 0 spiro atoms. The van der Waals surface area contributed by atoms with E-state index in [1.807, 2.05) is 0 Å². The van der Waals surface area contributed by atoms with Gasteiger partial charge < -0.3 is 0 Å². The molecule has 0 N–H and O–H groups in total. The first-order chi connectivity index (χ1) is 4.74. The Morgan fingerprint density at radius 2 is 2.40 bits per heavy atom. The van der Waals surface area contributed by atoms with Gasteiger partial charge in [0.05, 0.1) is 0 Å². The Labute approximate surface area is 63.3 Å². The van der Waals surface area contributed by atoms with E-state index >= 15 is 0 Å². The topological polar surface area (TPSA) is 0 Å². The van der Waals surface area contributed by atoms with E-state index in [1.54, 1.807) is 0 Å². The van der Waals surface area contributed by atoms with Gasteiger partial charge in [-0.3, -0.25) is 0 Å². The molecule has 0 aromatic rings. The molecule has 0 heterocycles. The van der Waals surface area contributed by atoms with E-state index in [2.05, 4.69) is 19.6 Å². The molecule has 2 saturated carbocycles. The smallest absolute Gasteiger partial charge is 0.0179 e. The fourth-order valence-corrected chi connectivity index (χ4v) is 2.96. The molecule has 2 aliphatic carbocycles. The average Bonchev–Trinajstić information content (AvgIpc) is 2.41. The van der Waals surface area contributed by atoms with Crippen LogP contribution in [0.3, 0.4) is 0 Å². The first-order valence-electron chi connectivity index (χ1n) is 4.37. The highest BCUT2D eigenvalue weighted by atomic mass is 14.5. The molecule has 2 bridgehead atoms. The lowest BCUT2D eigenvalue weighted by Gasteiger charge is -2.28. The molecule has 0 radical (unpaired) electrons. The molecular weight excluding hydrogens is 120 g/mol. The van der Waals surface area contributed by atoms with Crippen molar-refractivity contribution < 1.29 is 0 Å². The maximum Gasteiger partial charge on any atom is -0.0179 e. The van der Waals surface area contributed by atoms with E-state index in [0.717, 1.165) is 11.8 Å². The normalized spacial score (nSPS) is 51.7. The summed E-state index contributed by atoms with van der Waals surface area (Å²) in [6.07, 6.45) is 8.03. The van der Waals surface area contributed by atoms with Gasteiger partial charge in [-0.2, -0.15) is 0 Å². The Bertz CT molecular complexity index is 159. The van der Waals surface area contributed by atoms with Crippen molar-refractivity contribution in [3.05, 3.63) is 12.7 Å². The van der Waals surface area contributed by atoms with Crippen LogP contribution in [0.4, 0.5) is 0 Å². The van der Waals surface area contributed by atoms with Crippen molar-refractivity contribution in [2.75, 3.05) is 0 Å². The molecule has 10 heavy (non-hydrogen) atoms. The Morgan fingerprint density at radius 1 is 1.60 bits per heavy atom. The lowest BCUT2D eigenvalue weighted by Crippen LogP contribution is -2.19. The minimum absolute atomic E-state index is 0.659. The lowest BCUT2D eigenvalue weighted by atomic mass is 9.77. The molecule has 3 unspecified atom stereocenters. The second-order valence-electron chi connectivity index (χ2n) is 4.34. The Balaban J connectivity index is 2.21. The summed E-state index contributed by atoms with van der Waals surface area (Å²) < 4.78 is 0. The Kier molecular flexibility index (Phi) is 1.21. The number of fused-ring (bicyclic) bond motifs is 2. The zero-order valence-corrected chi connectivity index (χ0v) is 6.77. The van der Waals surface area contributed by atoms with Gasteiger partial charge in [-0.1, -0.05) is 13.0 Å². The highest BCUT2D eigenvalue weighted by Gasteiger charge is 2.46. The summed E-state index contributed by atoms with van der Waals surface area (Å²) in [5.41, 5.74) is 0.659. The van der Waals surface area contributed by atoms with Crippen LogP contribution in [0.25, 0.3) is 0 Å². The molecular formula is C10H16.